The summed E-state index contributed by atoms with van der Waals surface area (Å²) in [5.41, 5.74) is 0. The van der Waals surface area contributed by atoms with Crippen LogP contribution in [0.3, 0.4) is 0 Å². The molecule has 0 saturated heterocycles. The van der Waals surface area contributed by atoms with Gasteiger partial charge >= 0.3 is 11.9 Å². The van der Waals surface area contributed by atoms with Gasteiger partial charge in [-0.15, -0.1) is 0 Å². The summed E-state index contributed by atoms with van der Waals surface area (Å²) in [6.45, 7) is 1.93. The van der Waals surface area contributed by atoms with Crippen molar-refractivity contribution < 1.29 is 19.1 Å². The van der Waals surface area contributed by atoms with Crippen molar-refractivity contribution in [1.82, 2.24) is 0 Å². The number of hydrogen-bond donors (Lipinski definition) is 0. The molecule has 0 amide bonds. The third kappa shape index (κ3) is 4.73. The zero-order chi connectivity index (χ0) is 11.7. The standard InChI is InChI=1S/C11H12O4/c1-4-7-8-9(10(12)14-5-2)11(13)15-6-3/h2-3,9H,4,7-8H2,1H3. The number of unbranched alkanes of at least 4 members (excludes halogenated alkanes) is 1. The number of rotatable bonds is 5. The SMILES string of the molecule is C#COC(=O)C(CCCC)C(=O)OC#C. The topological polar surface area (TPSA) is 52.6 Å². The highest BCUT2D eigenvalue weighted by Crippen LogP contribution is 2.12. The average Bonchev–Trinajstić information content (AvgIpc) is 2.19. The number of ether oxygens (including phenoxy) is 2. The minimum absolute atomic E-state index is 0.317. The molecule has 0 aromatic heterocycles. The minimum atomic E-state index is -1.03. The molecule has 0 N–H and O–H groups in total. The van der Waals surface area contributed by atoms with E-state index in [0.29, 0.717) is 12.8 Å². The van der Waals surface area contributed by atoms with Crippen LogP contribution in [-0.4, -0.2) is 11.9 Å². The molecule has 0 spiro atoms. The van der Waals surface area contributed by atoms with Crippen molar-refractivity contribution in [3.63, 3.8) is 0 Å². The van der Waals surface area contributed by atoms with E-state index in [4.69, 9.17) is 12.8 Å². The van der Waals surface area contributed by atoms with E-state index in [1.165, 1.54) is 0 Å². The molecule has 4 heteroatoms. The maximum Gasteiger partial charge on any atom is 0.334 e. The van der Waals surface area contributed by atoms with Gasteiger partial charge < -0.3 is 9.47 Å². The van der Waals surface area contributed by atoms with Gasteiger partial charge in [0.25, 0.3) is 0 Å². The average molecular weight is 208 g/mol. The van der Waals surface area contributed by atoms with Crippen molar-refractivity contribution in [3.8, 4) is 25.1 Å². The number of esters is 2. The van der Waals surface area contributed by atoms with E-state index in [1.807, 2.05) is 6.92 Å². The maximum absolute atomic E-state index is 11.2. The Kier molecular flexibility index (Phi) is 6.50. The van der Waals surface area contributed by atoms with Gasteiger partial charge in [-0.25, -0.2) is 0 Å². The summed E-state index contributed by atoms with van der Waals surface area (Å²) in [5.74, 6) is -2.63. The van der Waals surface area contributed by atoms with Gasteiger partial charge in [-0.3, -0.25) is 9.59 Å². The van der Waals surface area contributed by atoms with Gasteiger partial charge in [-0.05, 0) is 6.42 Å². The molecule has 80 valence electrons. The first-order valence-corrected chi connectivity index (χ1v) is 4.49. The molecule has 0 aromatic rings. The fourth-order valence-corrected chi connectivity index (χ4v) is 0.999. The Balaban J connectivity index is 4.44. The molecule has 4 nitrogen and oxygen atoms in total. The second kappa shape index (κ2) is 7.46. The molecule has 0 saturated carbocycles. The molecule has 0 aliphatic heterocycles. The molecule has 0 fully saturated rings. The lowest BCUT2D eigenvalue weighted by Gasteiger charge is -2.09. The van der Waals surface area contributed by atoms with Crippen molar-refractivity contribution in [2.45, 2.75) is 26.2 Å². The Morgan fingerprint density at radius 1 is 1.20 bits per heavy atom. The van der Waals surface area contributed by atoms with Crippen LogP contribution in [0.15, 0.2) is 0 Å². The minimum Gasteiger partial charge on any atom is -0.372 e. The van der Waals surface area contributed by atoms with Crippen LogP contribution in [0.1, 0.15) is 26.2 Å². The summed E-state index contributed by atoms with van der Waals surface area (Å²) in [6, 6.07) is 0. The van der Waals surface area contributed by atoms with Gasteiger partial charge in [0.15, 0.2) is 5.92 Å². The van der Waals surface area contributed by atoms with Gasteiger partial charge in [0, 0.05) is 0 Å². The first-order chi connectivity index (χ1) is 7.17. The van der Waals surface area contributed by atoms with Crippen LogP contribution in [0.5, 0.6) is 0 Å². The van der Waals surface area contributed by atoms with E-state index in [-0.39, 0.29) is 0 Å². The van der Waals surface area contributed by atoms with Crippen LogP contribution in [0.4, 0.5) is 0 Å². The van der Waals surface area contributed by atoms with Crippen LogP contribution in [0.25, 0.3) is 0 Å². The van der Waals surface area contributed by atoms with Gasteiger partial charge in [0.05, 0.1) is 0 Å². The van der Waals surface area contributed by atoms with Crippen molar-refractivity contribution in [2.24, 2.45) is 5.92 Å². The smallest absolute Gasteiger partial charge is 0.334 e. The van der Waals surface area contributed by atoms with E-state index < -0.39 is 17.9 Å². The van der Waals surface area contributed by atoms with Crippen LogP contribution >= 0.6 is 0 Å². The Hall–Kier alpha value is -1.94. The molecule has 0 aromatic carbocycles. The van der Waals surface area contributed by atoms with Crippen LogP contribution in [0, 0.1) is 31.0 Å². The zero-order valence-corrected chi connectivity index (χ0v) is 8.49. The van der Waals surface area contributed by atoms with Gasteiger partial charge in [0.1, 0.15) is 12.2 Å². The first-order valence-electron chi connectivity index (χ1n) is 4.49. The normalized spacial score (nSPS) is 8.80. The van der Waals surface area contributed by atoms with Crippen molar-refractivity contribution in [2.75, 3.05) is 0 Å². The maximum atomic E-state index is 11.2. The molecular weight excluding hydrogens is 196 g/mol. The highest BCUT2D eigenvalue weighted by molar-refractivity contribution is 5.95. The molecule has 0 bridgehead atoms. The molecule has 0 atom stereocenters. The summed E-state index contributed by atoms with van der Waals surface area (Å²) in [7, 11) is 0. The lowest BCUT2D eigenvalue weighted by Crippen LogP contribution is -2.26. The predicted octanol–water partition coefficient (Wildman–Crippen LogP) is 1.06. The second-order valence-corrected chi connectivity index (χ2v) is 2.77. The van der Waals surface area contributed by atoms with Gasteiger partial charge in [-0.2, -0.15) is 0 Å². The van der Waals surface area contributed by atoms with Crippen molar-refractivity contribution in [3.05, 3.63) is 0 Å². The molecule has 0 heterocycles. The fraction of sp³-hybridized carbons (Fsp3) is 0.455. The predicted molar refractivity (Wildman–Crippen MR) is 52.9 cm³/mol. The Labute approximate surface area is 88.9 Å². The highest BCUT2D eigenvalue weighted by atomic mass is 16.5. The lowest BCUT2D eigenvalue weighted by atomic mass is 10.0. The summed E-state index contributed by atoms with van der Waals surface area (Å²) in [5, 5.41) is 0. The number of carbonyl (C=O) groups is 2. The monoisotopic (exact) mass is 208 g/mol. The van der Waals surface area contributed by atoms with Crippen molar-refractivity contribution >= 4 is 11.9 Å². The Morgan fingerprint density at radius 2 is 1.67 bits per heavy atom. The third-order valence-electron chi connectivity index (χ3n) is 1.73. The van der Waals surface area contributed by atoms with Crippen molar-refractivity contribution in [1.29, 1.82) is 0 Å². The first kappa shape index (κ1) is 13.1. The van der Waals surface area contributed by atoms with E-state index in [0.717, 1.165) is 6.42 Å². The Bertz CT molecular complexity index is 278. The quantitative estimate of drug-likeness (QED) is 0.385. The molecule has 0 rings (SSSR count). The highest BCUT2D eigenvalue weighted by Gasteiger charge is 2.29. The van der Waals surface area contributed by atoms with Crippen LogP contribution < -0.4 is 0 Å². The summed E-state index contributed by atoms with van der Waals surface area (Å²) in [6.07, 6.45) is 14.8. The second-order valence-electron chi connectivity index (χ2n) is 2.77. The Morgan fingerprint density at radius 3 is 2.00 bits per heavy atom. The molecule has 15 heavy (non-hydrogen) atoms. The summed E-state index contributed by atoms with van der Waals surface area (Å²) < 4.78 is 8.58. The number of hydrogen-bond acceptors (Lipinski definition) is 4. The van der Waals surface area contributed by atoms with E-state index >= 15 is 0 Å². The third-order valence-corrected chi connectivity index (χ3v) is 1.73. The summed E-state index contributed by atoms with van der Waals surface area (Å²) >= 11 is 0. The number of terminal acetylenes is 2. The molecule has 0 radical (unpaired) electrons. The van der Waals surface area contributed by atoms with Gasteiger partial charge in [0.2, 0.25) is 0 Å². The largest absolute Gasteiger partial charge is 0.372 e. The summed E-state index contributed by atoms with van der Waals surface area (Å²) in [4.78, 5) is 22.5. The molecule has 0 aliphatic carbocycles. The fourth-order valence-electron chi connectivity index (χ4n) is 0.999. The van der Waals surface area contributed by atoms with Crippen LogP contribution in [-0.2, 0) is 19.1 Å². The van der Waals surface area contributed by atoms with E-state index in [2.05, 4.69) is 9.47 Å². The lowest BCUT2D eigenvalue weighted by molar-refractivity contribution is -0.154. The molecular formula is C11H12O4. The number of carbonyl (C=O) groups excluding carboxylic acids is 2. The molecule has 0 aliphatic rings. The molecule has 0 unspecified atom stereocenters. The van der Waals surface area contributed by atoms with E-state index in [1.54, 1.807) is 12.2 Å². The van der Waals surface area contributed by atoms with Gasteiger partial charge in [-0.1, -0.05) is 32.6 Å². The van der Waals surface area contributed by atoms with Crippen LogP contribution in [0.2, 0.25) is 0 Å². The zero-order valence-electron chi connectivity index (χ0n) is 8.49. The van der Waals surface area contributed by atoms with E-state index in [9.17, 15) is 9.59 Å².